The predicted molar refractivity (Wildman–Crippen MR) is 60.5 cm³/mol. The molecule has 0 radical (unpaired) electrons. The first kappa shape index (κ1) is 11.7. The summed E-state index contributed by atoms with van der Waals surface area (Å²) in [6.45, 7) is 1.19. The van der Waals surface area contributed by atoms with Gasteiger partial charge in [0.15, 0.2) is 0 Å². The molecule has 0 rings (SSSR count). The van der Waals surface area contributed by atoms with Crippen molar-refractivity contribution in [2.45, 2.75) is 38.5 Å². The van der Waals surface area contributed by atoms with E-state index in [0.29, 0.717) is 0 Å². The van der Waals surface area contributed by atoms with Crippen molar-refractivity contribution in [3.05, 3.63) is 0 Å². The summed E-state index contributed by atoms with van der Waals surface area (Å²) in [5.41, 5.74) is 0. The summed E-state index contributed by atoms with van der Waals surface area (Å²) in [4.78, 5) is 0. The van der Waals surface area contributed by atoms with Gasteiger partial charge in [0.25, 0.3) is 0 Å². The Labute approximate surface area is 84.5 Å². The first-order valence-electron chi connectivity index (χ1n) is 4.62. The van der Waals surface area contributed by atoms with Gasteiger partial charge in [-0.2, -0.15) is 0 Å². The first-order chi connectivity index (χ1) is 5.41. The third-order valence-corrected chi connectivity index (χ3v) is 2.57. The largest absolute Gasteiger partial charge is 0.320 e. The maximum Gasteiger partial charge on any atom is -0.000473 e. The molecule has 0 bridgehead atoms. The minimum Gasteiger partial charge on any atom is -0.320 e. The zero-order valence-corrected chi connectivity index (χ0v) is 9.69. The van der Waals surface area contributed by atoms with E-state index >= 15 is 0 Å². The Morgan fingerprint density at radius 1 is 0.909 bits per heavy atom. The van der Waals surface area contributed by atoms with Crippen LogP contribution in [0, 0.1) is 0 Å². The molecule has 0 saturated heterocycles. The molecule has 0 spiro atoms. The second kappa shape index (κ2) is 10.7. The minimum atomic E-state index is 1.19. The van der Waals surface area contributed by atoms with Crippen molar-refractivity contribution < 1.29 is 0 Å². The zero-order valence-electron chi connectivity index (χ0n) is 7.53. The molecule has 0 amide bonds. The second-order valence-electron chi connectivity index (χ2n) is 2.91. The molecule has 0 saturated carbocycles. The van der Waals surface area contributed by atoms with Crippen molar-refractivity contribution in [1.29, 1.82) is 0 Å². The SMILES string of the molecule is CNCCCCCCCCI. The van der Waals surface area contributed by atoms with Gasteiger partial charge in [-0.1, -0.05) is 48.3 Å². The lowest BCUT2D eigenvalue weighted by Crippen LogP contribution is -2.06. The molecule has 68 valence electrons. The Morgan fingerprint density at radius 3 is 2.00 bits per heavy atom. The predicted octanol–water partition coefficient (Wildman–Crippen LogP) is 2.98. The molecule has 0 heterocycles. The quantitative estimate of drug-likeness (QED) is 0.406. The number of hydrogen-bond donors (Lipinski definition) is 1. The molecule has 1 N–H and O–H groups in total. The topological polar surface area (TPSA) is 12.0 Å². The Hall–Kier alpha value is 0.690. The summed E-state index contributed by atoms with van der Waals surface area (Å²) in [5.74, 6) is 0. The fourth-order valence-corrected chi connectivity index (χ4v) is 1.64. The van der Waals surface area contributed by atoms with Gasteiger partial charge in [-0.05, 0) is 30.9 Å². The van der Waals surface area contributed by atoms with Crippen molar-refractivity contribution in [2.24, 2.45) is 0 Å². The fraction of sp³-hybridized carbons (Fsp3) is 1.00. The number of halogens is 1. The number of hydrogen-bond acceptors (Lipinski definition) is 1. The molecule has 0 aromatic heterocycles. The van der Waals surface area contributed by atoms with E-state index in [4.69, 9.17) is 0 Å². The number of unbranched alkanes of at least 4 members (excludes halogenated alkanes) is 5. The Morgan fingerprint density at radius 2 is 1.45 bits per heavy atom. The van der Waals surface area contributed by atoms with Gasteiger partial charge in [-0.3, -0.25) is 0 Å². The fourth-order valence-electron chi connectivity index (χ4n) is 1.10. The van der Waals surface area contributed by atoms with Gasteiger partial charge in [-0.15, -0.1) is 0 Å². The molecule has 0 aliphatic carbocycles. The molecule has 0 atom stereocenters. The molecule has 11 heavy (non-hydrogen) atoms. The van der Waals surface area contributed by atoms with Gasteiger partial charge in [0.1, 0.15) is 0 Å². The minimum absolute atomic E-state index is 1.19. The van der Waals surface area contributed by atoms with Gasteiger partial charge in [0.05, 0.1) is 0 Å². The van der Waals surface area contributed by atoms with E-state index < -0.39 is 0 Å². The van der Waals surface area contributed by atoms with Gasteiger partial charge in [0, 0.05) is 0 Å². The van der Waals surface area contributed by atoms with Crippen LogP contribution in [0.1, 0.15) is 38.5 Å². The highest BCUT2D eigenvalue weighted by molar-refractivity contribution is 14.1. The molecular weight excluding hydrogens is 249 g/mol. The van der Waals surface area contributed by atoms with Crippen LogP contribution in [-0.4, -0.2) is 18.0 Å². The Bertz CT molecular complexity index is 58.6. The third kappa shape index (κ3) is 10.7. The lowest BCUT2D eigenvalue weighted by Gasteiger charge is -1.99. The van der Waals surface area contributed by atoms with Crippen LogP contribution in [0.2, 0.25) is 0 Å². The van der Waals surface area contributed by atoms with Crippen LogP contribution in [0.4, 0.5) is 0 Å². The lowest BCUT2D eigenvalue weighted by molar-refractivity contribution is 0.595. The molecule has 0 aliphatic heterocycles. The molecule has 0 unspecified atom stereocenters. The zero-order chi connectivity index (χ0) is 8.36. The van der Waals surface area contributed by atoms with Crippen molar-refractivity contribution in [3.63, 3.8) is 0 Å². The van der Waals surface area contributed by atoms with Crippen LogP contribution in [-0.2, 0) is 0 Å². The molecule has 0 aromatic rings. The van der Waals surface area contributed by atoms with Crippen LogP contribution in [0.5, 0.6) is 0 Å². The van der Waals surface area contributed by atoms with E-state index in [1.807, 2.05) is 7.05 Å². The Balaban J connectivity index is 2.69. The highest BCUT2D eigenvalue weighted by Gasteiger charge is 1.89. The average molecular weight is 269 g/mol. The van der Waals surface area contributed by atoms with Crippen LogP contribution in [0.25, 0.3) is 0 Å². The number of alkyl halides is 1. The van der Waals surface area contributed by atoms with Crippen LogP contribution >= 0.6 is 22.6 Å². The third-order valence-electron chi connectivity index (χ3n) is 1.81. The van der Waals surface area contributed by atoms with Crippen molar-refractivity contribution in [2.75, 3.05) is 18.0 Å². The molecular formula is C9H20IN. The monoisotopic (exact) mass is 269 g/mol. The summed E-state index contributed by atoms with van der Waals surface area (Å²) in [7, 11) is 2.02. The van der Waals surface area contributed by atoms with E-state index in [1.54, 1.807) is 0 Å². The number of rotatable bonds is 8. The van der Waals surface area contributed by atoms with Crippen LogP contribution < -0.4 is 5.32 Å². The normalized spacial score (nSPS) is 10.4. The maximum absolute atomic E-state index is 3.17. The number of nitrogens with one attached hydrogen (secondary N) is 1. The van der Waals surface area contributed by atoms with Crippen molar-refractivity contribution >= 4 is 22.6 Å². The van der Waals surface area contributed by atoms with Crippen LogP contribution in [0.15, 0.2) is 0 Å². The molecule has 0 aromatic carbocycles. The van der Waals surface area contributed by atoms with Gasteiger partial charge in [0.2, 0.25) is 0 Å². The summed E-state index contributed by atoms with van der Waals surface area (Å²) >= 11 is 2.45. The molecule has 2 heteroatoms. The van der Waals surface area contributed by atoms with Gasteiger partial charge < -0.3 is 5.32 Å². The Kier molecular flexibility index (Phi) is 11.4. The lowest BCUT2D eigenvalue weighted by atomic mass is 10.1. The van der Waals surface area contributed by atoms with E-state index in [0.717, 1.165) is 0 Å². The molecule has 0 fully saturated rings. The van der Waals surface area contributed by atoms with Crippen molar-refractivity contribution in [3.8, 4) is 0 Å². The summed E-state index contributed by atoms with van der Waals surface area (Å²) in [6.07, 6.45) is 8.46. The van der Waals surface area contributed by atoms with E-state index in [-0.39, 0.29) is 0 Å². The second-order valence-corrected chi connectivity index (χ2v) is 3.99. The first-order valence-corrected chi connectivity index (χ1v) is 6.15. The highest BCUT2D eigenvalue weighted by atomic mass is 127. The molecule has 1 nitrogen and oxygen atoms in total. The van der Waals surface area contributed by atoms with Gasteiger partial charge >= 0.3 is 0 Å². The van der Waals surface area contributed by atoms with E-state index in [1.165, 1.54) is 49.5 Å². The van der Waals surface area contributed by atoms with Crippen molar-refractivity contribution in [1.82, 2.24) is 5.32 Å². The van der Waals surface area contributed by atoms with Gasteiger partial charge in [-0.25, -0.2) is 0 Å². The molecule has 0 aliphatic rings. The summed E-state index contributed by atoms with van der Waals surface area (Å²) in [6, 6.07) is 0. The average Bonchev–Trinajstić information content (AvgIpc) is 2.03. The van der Waals surface area contributed by atoms with E-state index in [2.05, 4.69) is 27.9 Å². The van der Waals surface area contributed by atoms with E-state index in [9.17, 15) is 0 Å². The highest BCUT2D eigenvalue weighted by Crippen LogP contribution is 2.05. The maximum atomic E-state index is 3.17. The van der Waals surface area contributed by atoms with Crippen LogP contribution in [0.3, 0.4) is 0 Å². The summed E-state index contributed by atoms with van der Waals surface area (Å²) in [5, 5.41) is 3.17. The summed E-state index contributed by atoms with van der Waals surface area (Å²) < 4.78 is 1.33. The smallest absolute Gasteiger partial charge is 0.000473 e. The standard InChI is InChI=1S/C9H20IN/c1-11-9-7-5-3-2-4-6-8-10/h11H,2-9H2,1H3.